The molecule has 0 radical (unpaired) electrons. The van der Waals surface area contributed by atoms with Gasteiger partial charge < -0.3 is 14.7 Å². The van der Waals surface area contributed by atoms with Gasteiger partial charge in [0.1, 0.15) is 0 Å². The van der Waals surface area contributed by atoms with Crippen molar-refractivity contribution in [2.75, 3.05) is 52.5 Å². The van der Waals surface area contributed by atoms with E-state index in [9.17, 15) is 9.90 Å². The van der Waals surface area contributed by atoms with Gasteiger partial charge in [-0.05, 0) is 30.7 Å². The van der Waals surface area contributed by atoms with Gasteiger partial charge in [0.05, 0.1) is 13.2 Å². The van der Waals surface area contributed by atoms with Gasteiger partial charge in [-0.25, -0.2) is 0 Å². The molecule has 0 aliphatic carbocycles. The molecule has 140 valence electrons. The van der Waals surface area contributed by atoms with Crippen LogP contribution in [-0.2, 0) is 16.1 Å². The standard InChI is InChI=1S/C18H30N4O3/c23-15-17-11-16(12-20-7-9-25-10-8-20)13-21(14-17)18(24)3-1-5-22-6-2-4-19-22/h2,4,6,16-17,23H,1,3,5,7-15H2/t16-,17+/m0/s1. The molecule has 2 saturated heterocycles. The average Bonchev–Trinajstić information content (AvgIpc) is 3.15. The first-order valence-corrected chi connectivity index (χ1v) is 9.40. The molecule has 7 nitrogen and oxygen atoms in total. The lowest BCUT2D eigenvalue weighted by atomic mass is 9.89. The van der Waals surface area contributed by atoms with Gasteiger partial charge in [-0.1, -0.05) is 0 Å². The fraction of sp³-hybridized carbons (Fsp3) is 0.778. The molecule has 2 atom stereocenters. The number of carbonyl (C=O) groups excluding carboxylic acids is 1. The quantitative estimate of drug-likeness (QED) is 0.773. The number of morpholine rings is 1. The Morgan fingerprint density at radius 2 is 2.04 bits per heavy atom. The number of aliphatic hydroxyl groups excluding tert-OH is 1. The zero-order valence-corrected chi connectivity index (χ0v) is 14.9. The zero-order valence-electron chi connectivity index (χ0n) is 14.9. The van der Waals surface area contributed by atoms with E-state index in [0.717, 1.165) is 58.8 Å². The summed E-state index contributed by atoms with van der Waals surface area (Å²) < 4.78 is 7.27. The van der Waals surface area contributed by atoms with Gasteiger partial charge >= 0.3 is 0 Å². The normalized spacial score (nSPS) is 25.2. The number of likely N-dealkylation sites (tertiary alicyclic amines) is 1. The molecule has 0 unspecified atom stereocenters. The molecule has 2 fully saturated rings. The molecule has 3 rings (SSSR count). The summed E-state index contributed by atoms with van der Waals surface area (Å²) in [6.45, 7) is 6.97. The van der Waals surface area contributed by atoms with Crippen LogP contribution in [0.3, 0.4) is 0 Å². The van der Waals surface area contributed by atoms with Crippen molar-refractivity contribution in [1.82, 2.24) is 19.6 Å². The topological polar surface area (TPSA) is 70.8 Å². The van der Waals surface area contributed by atoms with Crippen molar-refractivity contribution in [3.8, 4) is 0 Å². The molecule has 7 heteroatoms. The largest absolute Gasteiger partial charge is 0.396 e. The molecule has 0 bridgehead atoms. The second-order valence-electron chi connectivity index (χ2n) is 7.23. The van der Waals surface area contributed by atoms with Crippen molar-refractivity contribution >= 4 is 5.91 Å². The van der Waals surface area contributed by atoms with E-state index in [4.69, 9.17) is 4.74 Å². The van der Waals surface area contributed by atoms with Gasteiger partial charge in [-0.3, -0.25) is 14.4 Å². The smallest absolute Gasteiger partial charge is 0.222 e. The van der Waals surface area contributed by atoms with Crippen LogP contribution < -0.4 is 0 Å². The maximum atomic E-state index is 12.6. The predicted molar refractivity (Wildman–Crippen MR) is 94.0 cm³/mol. The van der Waals surface area contributed by atoms with E-state index in [-0.39, 0.29) is 18.4 Å². The minimum absolute atomic E-state index is 0.163. The molecule has 2 aliphatic heterocycles. The number of nitrogens with zero attached hydrogens (tertiary/aromatic N) is 4. The van der Waals surface area contributed by atoms with Gasteiger partial charge in [0.25, 0.3) is 0 Å². The Morgan fingerprint density at radius 3 is 2.76 bits per heavy atom. The Hall–Kier alpha value is -1.44. The van der Waals surface area contributed by atoms with Crippen LogP contribution in [0, 0.1) is 11.8 Å². The van der Waals surface area contributed by atoms with E-state index >= 15 is 0 Å². The Morgan fingerprint density at radius 1 is 1.24 bits per heavy atom. The van der Waals surface area contributed by atoms with Gasteiger partial charge in [0.2, 0.25) is 5.91 Å². The number of piperidine rings is 1. The fourth-order valence-electron chi connectivity index (χ4n) is 3.92. The molecule has 0 saturated carbocycles. The average molecular weight is 350 g/mol. The molecule has 3 heterocycles. The molecule has 25 heavy (non-hydrogen) atoms. The first-order valence-electron chi connectivity index (χ1n) is 9.40. The third-order valence-electron chi connectivity index (χ3n) is 5.19. The Kier molecular flexibility index (Phi) is 6.84. The first-order chi connectivity index (χ1) is 12.2. The van der Waals surface area contributed by atoms with Crippen molar-refractivity contribution in [3.63, 3.8) is 0 Å². The maximum absolute atomic E-state index is 12.6. The van der Waals surface area contributed by atoms with Crippen LogP contribution in [0.15, 0.2) is 18.5 Å². The van der Waals surface area contributed by atoms with Crippen LogP contribution in [0.2, 0.25) is 0 Å². The van der Waals surface area contributed by atoms with E-state index in [1.807, 2.05) is 21.8 Å². The van der Waals surface area contributed by atoms with Crippen LogP contribution in [0.5, 0.6) is 0 Å². The Balaban J connectivity index is 1.47. The third kappa shape index (κ3) is 5.52. The summed E-state index contributed by atoms with van der Waals surface area (Å²) >= 11 is 0. The van der Waals surface area contributed by atoms with Crippen molar-refractivity contribution in [1.29, 1.82) is 0 Å². The van der Waals surface area contributed by atoms with Crippen LogP contribution in [0.4, 0.5) is 0 Å². The lowest BCUT2D eigenvalue weighted by Crippen LogP contribution is -2.49. The maximum Gasteiger partial charge on any atom is 0.222 e. The second-order valence-corrected chi connectivity index (χ2v) is 7.23. The summed E-state index contributed by atoms with van der Waals surface area (Å²) in [5.74, 6) is 0.853. The molecule has 0 spiro atoms. The van der Waals surface area contributed by atoms with Crippen LogP contribution in [-0.4, -0.2) is 83.1 Å². The highest BCUT2D eigenvalue weighted by Gasteiger charge is 2.30. The third-order valence-corrected chi connectivity index (χ3v) is 5.19. The highest BCUT2D eigenvalue weighted by molar-refractivity contribution is 5.76. The fourth-order valence-corrected chi connectivity index (χ4v) is 3.92. The molecular formula is C18H30N4O3. The molecular weight excluding hydrogens is 320 g/mol. The van der Waals surface area contributed by atoms with Crippen molar-refractivity contribution in [2.45, 2.75) is 25.8 Å². The SMILES string of the molecule is O=C(CCCn1cccn1)N1C[C@H](CO)C[C@@H](CN2CCOCC2)C1. The molecule has 1 amide bonds. The summed E-state index contributed by atoms with van der Waals surface area (Å²) in [7, 11) is 0. The lowest BCUT2D eigenvalue weighted by molar-refractivity contribution is -0.135. The number of carbonyl (C=O) groups is 1. The number of aliphatic hydroxyl groups is 1. The van der Waals surface area contributed by atoms with Gasteiger partial charge in [0, 0.05) is 64.7 Å². The van der Waals surface area contributed by atoms with Crippen molar-refractivity contribution < 1.29 is 14.6 Å². The molecule has 1 aromatic heterocycles. The number of ether oxygens (including phenoxy) is 1. The van der Waals surface area contributed by atoms with E-state index in [2.05, 4.69) is 10.00 Å². The minimum Gasteiger partial charge on any atom is -0.396 e. The Labute approximate surface area is 149 Å². The number of rotatable bonds is 7. The number of aryl methyl sites for hydroxylation is 1. The van der Waals surface area contributed by atoms with Gasteiger partial charge in [0.15, 0.2) is 0 Å². The lowest BCUT2D eigenvalue weighted by Gasteiger charge is -2.40. The van der Waals surface area contributed by atoms with E-state index in [1.54, 1.807) is 6.20 Å². The minimum atomic E-state index is 0.163. The van der Waals surface area contributed by atoms with Gasteiger partial charge in [-0.2, -0.15) is 5.10 Å². The molecule has 0 aromatic carbocycles. The van der Waals surface area contributed by atoms with Crippen molar-refractivity contribution in [3.05, 3.63) is 18.5 Å². The number of hydrogen-bond acceptors (Lipinski definition) is 5. The van der Waals surface area contributed by atoms with Crippen LogP contribution in [0.1, 0.15) is 19.3 Å². The second kappa shape index (κ2) is 9.31. The number of aromatic nitrogens is 2. The van der Waals surface area contributed by atoms with Crippen molar-refractivity contribution in [2.24, 2.45) is 11.8 Å². The molecule has 1 aromatic rings. The Bertz CT molecular complexity index is 516. The summed E-state index contributed by atoms with van der Waals surface area (Å²) in [4.78, 5) is 17.0. The number of hydrogen-bond donors (Lipinski definition) is 1. The van der Waals surface area contributed by atoms with E-state index in [0.29, 0.717) is 18.9 Å². The monoisotopic (exact) mass is 350 g/mol. The van der Waals surface area contributed by atoms with Gasteiger partial charge in [-0.15, -0.1) is 0 Å². The summed E-state index contributed by atoms with van der Waals surface area (Å²) in [6.07, 6.45) is 6.03. The summed E-state index contributed by atoms with van der Waals surface area (Å²) in [5.41, 5.74) is 0. The zero-order chi connectivity index (χ0) is 17.5. The highest BCUT2D eigenvalue weighted by Crippen LogP contribution is 2.24. The predicted octanol–water partition coefficient (Wildman–Crippen LogP) is 0.453. The first kappa shape index (κ1) is 18.4. The molecule has 2 aliphatic rings. The van der Waals surface area contributed by atoms with Crippen LogP contribution in [0.25, 0.3) is 0 Å². The number of amides is 1. The van der Waals surface area contributed by atoms with E-state index in [1.165, 1.54) is 0 Å². The highest BCUT2D eigenvalue weighted by atomic mass is 16.5. The molecule has 1 N–H and O–H groups in total. The summed E-state index contributed by atoms with van der Waals surface area (Å²) in [5, 5.41) is 13.8. The van der Waals surface area contributed by atoms with Crippen LogP contribution >= 0.6 is 0 Å². The van der Waals surface area contributed by atoms with E-state index < -0.39 is 0 Å². The summed E-state index contributed by atoms with van der Waals surface area (Å²) in [6, 6.07) is 1.90.